The SMILES string of the molecule is CCOC(=O)CCSc1n[nH]c(-c2cccc(C(F)(F)F)c2)n1. The fourth-order valence-corrected chi connectivity index (χ4v) is 2.46. The van der Waals surface area contributed by atoms with E-state index in [2.05, 4.69) is 15.2 Å². The van der Waals surface area contributed by atoms with Crippen LogP contribution in [0, 0.1) is 0 Å². The van der Waals surface area contributed by atoms with Gasteiger partial charge in [-0.3, -0.25) is 9.89 Å². The molecule has 0 aliphatic rings. The Hall–Kier alpha value is -2.03. The van der Waals surface area contributed by atoms with Crippen LogP contribution in [0.15, 0.2) is 29.4 Å². The van der Waals surface area contributed by atoms with Crippen LogP contribution in [0.1, 0.15) is 18.9 Å². The van der Waals surface area contributed by atoms with Crippen molar-refractivity contribution in [3.05, 3.63) is 29.8 Å². The molecule has 5 nitrogen and oxygen atoms in total. The molecule has 0 spiro atoms. The molecule has 0 saturated heterocycles. The Morgan fingerprint density at radius 2 is 2.17 bits per heavy atom. The Morgan fingerprint density at radius 1 is 1.39 bits per heavy atom. The highest BCUT2D eigenvalue weighted by Crippen LogP contribution is 2.31. The number of thioether (sulfide) groups is 1. The molecule has 0 aliphatic carbocycles. The summed E-state index contributed by atoms with van der Waals surface area (Å²) < 4.78 is 42.9. The van der Waals surface area contributed by atoms with E-state index in [9.17, 15) is 18.0 Å². The van der Waals surface area contributed by atoms with Gasteiger partial charge in [-0.2, -0.15) is 13.2 Å². The van der Waals surface area contributed by atoms with Gasteiger partial charge in [-0.1, -0.05) is 23.9 Å². The number of hydrogen-bond donors (Lipinski definition) is 1. The topological polar surface area (TPSA) is 67.9 Å². The van der Waals surface area contributed by atoms with E-state index in [1.165, 1.54) is 23.9 Å². The van der Waals surface area contributed by atoms with Crippen LogP contribution in [0.4, 0.5) is 13.2 Å². The summed E-state index contributed by atoms with van der Waals surface area (Å²) in [5, 5.41) is 6.88. The molecule has 124 valence electrons. The van der Waals surface area contributed by atoms with Gasteiger partial charge in [0, 0.05) is 11.3 Å². The van der Waals surface area contributed by atoms with Crippen molar-refractivity contribution in [3.8, 4) is 11.4 Å². The van der Waals surface area contributed by atoms with E-state index in [0.717, 1.165) is 12.1 Å². The second-order valence-corrected chi connectivity index (χ2v) is 5.51. The van der Waals surface area contributed by atoms with Gasteiger partial charge in [0.05, 0.1) is 18.6 Å². The number of halogens is 3. The summed E-state index contributed by atoms with van der Waals surface area (Å²) >= 11 is 1.22. The number of carbonyl (C=O) groups excluding carboxylic acids is 1. The first-order chi connectivity index (χ1) is 10.9. The molecule has 2 rings (SSSR count). The second kappa shape index (κ2) is 7.49. The molecule has 0 bridgehead atoms. The molecule has 0 aliphatic heterocycles. The number of nitrogens with zero attached hydrogens (tertiary/aromatic N) is 2. The van der Waals surface area contributed by atoms with Crippen molar-refractivity contribution >= 4 is 17.7 Å². The maximum atomic E-state index is 12.7. The van der Waals surface area contributed by atoms with Crippen LogP contribution in [0.25, 0.3) is 11.4 Å². The molecule has 0 atom stereocenters. The number of H-pyrrole nitrogens is 1. The van der Waals surface area contributed by atoms with Crippen molar-refractivity contribution in [1.82, 2.24) is 15.2 Å². The summed E-state index contributed by atoms with van der Waals surface area (Å²) in [6, 6.07) is 4.83. The first kappa shape index (κ1) is 17.3. The van der Waals surface area contributed by atoms with Crippen molar-refractivity contribution in [2.45, 2.75) is 24.7 Å². The number of esters is 1. The lowest BCUT2D eigenvalue weighted by atomic mass is 10.1. The first-order valence-electron chi connectivity index (χ1n) is 6.78. The monoisotopic (exact) mass is 345 g/mol. The zero-order valence-electron chi connectivity index (χ0n) is 12.2. The highest BCUT2D eigenvalue weighted by Gasteiger charge is 2.30. The molecule has 1 aromatic carbocycles. The Kier molecular flexibility index (Phi) is 5.64. The van der Waals surface area contributed by atoms with Crippen LogP contribution < -0.4 is 0 Å². The van der Waals surface area contributed by atoms with Gasteiger partial charge in [-0.15, -0.1) is 5.10 Å². The van der Waals surface area contributed by atoms with E-state index in [0.29, 0.717) is 23.1 Å². The minimum atomic E-state index is -4.41. The smallest absolute Gasteiger partial charge is 0.416 e. The van der Waals surface area contributed by atoms with Gasteiger partial charge in [0.15, 0.2) is 5.82 Å². The average molecular weight is 345 g/mol. The Labute approximate surface area is 134 Å². The molecular weight excluding hydrogens is 331 g/mol. The van der Waals surface area contributed by atoms with Crippen molar-refractivity contribution in [3.63, 3.8) is 0 Å². The lowest BCUT2D eigenvalue weighted by Crippen LogP contribution is -2.04. The van der Waals surface area contributed by atoms with Gasteiger partial charge in [0.1, 0.15) is 0 Å². The molecule has 9 heteroatoms. The van der Waals surface area contributed by atoms with Gasteiger partial charge < -0.3 is 4.74 Å². The Morgan fingerprint density at radius 3 is 2.87 bits per heavy atom. The third kappa shape index (κ3) is 4.98. The molecule has 0 fully saturated rings. The standard InChI is InChI=1S/C14H14F3N3O2S/c1-2-22-11(21)6-7-23-13-18-12(19-20-13)9-4-3-5-10(8-9)14(15,16)17/h3-5,8H,2,6-7H2,1H3,(H,18,19,20). The molecule has 1 heterocycles. The van der Waals surface area contributed by atoms with Crippen LogP contribution in [0.2, 0.25) is 0 Å². The molecule has 0 saturated carbocycles. The molecule has 0 unspecified atom stereocenters. The number of carbonyl (C=O) groups is 1. The maximum Gasteiger partial charge on any atom is 0.416 e. The molecular formula is C14H14F3N3O2S. The first-order valence-corrected chi connectivity index (χ1v) is 7.77. The zero-order chi connectivity index (χ0) is 16.9. The van der Waals surface area contributed by atoms with E-state index < -0.39 is 11.7 Å². The number of aromatic nitrogens is 3. The average Bonchev–Trinajstić information content (AvgIpc) is 2.96. The minimum Gasteiger partial charge on any atom is -0.466 e. The van der Waals surface area contributed by atoms with Crippen LogP contribution in [-0.4, -0.2) is 33.5 Å². The quantitative estimate of drug-likeness (QED) is 0.641. The van der Waals surface area contributed by atoms with Gasteiger partial charge >= 0.3 is 12.1 Å². The molecule has 0 amide bonds. The summed E-state index contributed by atoms with van der Waals surface area (Å²) in [6.07, 6.45) is -4.20. The van der Waals surface area contributed by atoms with E-state index in [-0.39, 0.29) is 18.2 Å². The predicted molar refractivity (Wildman–Crippen MR) is 78.8 cm³/mol. The largest absolute Gasteiger partial charge is 0.466 e. The molecule has 1 aromatic heterocycles. The van der Waals surface area contributed by atoms with Crippen LogP contribution in [0.5, 0.6) is 0 Å². The number of benzene rings is 1. The van der Waals surface area contributed by atoms with Gasteiger partial charge in [-0.05, 0) is 19.1 Å². The molecule has 0 radical (unpaired) electrons. The Bertz CT molecular complexity index is 673. The normalized spacial score (nSPS) is 11.5. The van der Waals surface area contributed by atoms with Crippen molar-refractivity contribution < 1.29 is 22.7 Å². The lowest BCUT2D eigenvalue weighted by molar-refractivity contribution is -0.142. The number of nitrogens with one attached hydrogen (secondary N) is 1. The zero-order valence-corrected chi connectivity index (χ0v) is 13.0. The van der Waals surface area contributed by atoms with Crippen molar-refractivity contribution in [2.24, 2.45) is 0 Å². The number of aromatic amines is 1. The van der Waals surface area contributed by atoms with Crippen molar-refractivity contribution in [1.29, 1.82) is 0 Å². The predicted octanol–water partition coefficient (Wildman–Crippen LogP) is 3.54. The third-order valence-electron chi connectivity index (χ3n) is 2.77. The Balaban J connectivity index is 2.01. The summed E-state index contributed by atoms with van der Waals surface area (Å²) in [5.41, 5.74) is -0.451. The number of hydrogen-bond acceptors (Lipinski definition) is 5. The number of alkyl halides is 3. The fraction of sp³-hybridized carbons (Fsp3) is 0.357. The third-order valence-corrected chi connectivity index (χ3v) is 3.62. The maximum absolute atomic E-state index is 12.7. The summed E-state index contributed by atoms with van der Waals surface area (Å²) in [5.74, 6) is 0.363. The molecule has 1 N–H and O–H groups in total. The van der Waals surface area contributed by atoms with E-state index in [4.69, 9.17) is 4.74 Å². The van der Waals surface area contributed by atoms with Crippen LogP contribution in [0.3, 0.4) is 0 Å². The fourth-order valence-electron chi connectivity index (χ4n) is 1.74. The highest BCUT2D eigenvalue weighted by molar-refractivity contribution is 7.99. The number of ether oxygens (including phenoxy) is 1. The minimum absolute atomic E-state index is 0.214. The van der Waals surface area contributed by atoms with Gasteiger partial charge in [-0.25, -0.2) is 4.98 Å². The molecule has 2 aromatic rings. The summed E-state index contributed by atoms with van der Waals surface area (Å²) in [7, 11) is 0. The van der Waals surface area contributed by atoms with Gasteiger partial charge in [0.2, 0.25) is 5.16 Å². The summed E-state index contributed by atoms with van der Waals surface area (Å²) in [6.45, 7) is 2.05. The summed E-state index contributed by atoms with van der Waals surface area (Å²) in [4.78, 5) is 15.3. The molecule has 23 heavy (non-hydrogen) atoms. The van der Waals surface area contributed by atoms with E-state index >= 15 is 0 Å². The van der Waals surface area contributed by atoms with E-state index in [1.807, 2.05) is 0 Å². The van der Waals surface area contributed by atoms with Crippen LogP contribution in [-0.2, 0) is 15.7 Å². The van der Waals surface area contributed by atoms with Crippen molar-refractivity contribution in [2.75, 3.05) is 12.4 Å². The van der Waals surface area contributed by atoms with E-state index in [1.54, 1.807) is 6.92 Å². The number of rotatable bonds is 6. The van der Waals surface area contributed by atoms with Gasteiger partial charge in [0.25, 0.3) is 0 Å². The second-order valence-electron chi connectivity index (χ2n) is 4.45. The highest BCUT2D eigenvalue weighted by atomic mass is 32.2. The lowest BCUT2D eigenvalue weighted by Gasteiger charge is -2.06. The van der Waals surface area contributed by atoms with Crippen LogP contribution >= 0.6 is 11.8 Å².